The van der Waals surface area contributed by atoms with E-state index in [-0.39, 0.29) is 29.3 Å². The van der Waals surface area contributed by atoms with E-state index in [0.717, 1.165) is 29.8 Å². The van der Waals surface area contributed by atoms with Crippen LogP contribution in [0.25, 0.3) is 0 Å². The fourth-order valence-corrected chi connectivity index (χ4v) is 3.82. The van der Waals surface area contributed by atoms with Gasteiger partial charge >= 0.3 is 4.87 Å². The predicted octanol–water partition coefficient (Wildman–Crippen LogP) is 0.373. The van der Waals surface area contributed by atoms with E-state index in [1.165, 1.54) is 11.3 Å². The lowest BCUT2D eigenvalue weighted by molar-refractivity contribution is -0.136. The van der Waals surface area contributed by atoms with E-state index in [0.29, 0.717) is 26.1 Å². The number of aromatic nitrogens is 1. The molecule has 8 heteroatoms. The maximum atomic E-state index is 12.7. The topological polar surface area (TPSA) is 97.4 Å². The number of aryl methyl sites for hydroxylation is 1. The molecule has 3 N–H and O–H groups in total. The highest BCUT2D eigenvalue weighted by Crippen LogP contribution is 2.18. The van der Waals surface area contributed by atoms with Crippen molar-refractivity contribution in [3.63, 3.8) is 0 Å². The average molecular weight is 354 g/mol. The van der Waals surface area contributed by atoms with Gasteiger partial charge in [-0.15, -0.1) is 0 Å². The lowest BCUT2D eigenvalue weighted by Crippen LogP contribution is -2.50. The minimum Gasteiger partial charge on any atom is -0.354 e. The smallest absolute Gasteiger partial charge is 0.308 e. The van der Waals surface area contributed by atoms with Crippen LogP contribution >= 0.6 is 11.3 Å². The van der Waals surface area contributed by atoms with Crippen molar-refractivity contribution in [2.45, 2.75) is 52.1 Å². The van der Waals surface area contributed by atoms with Crippen LogP contribution in [-0.2, 0) is 16.1 Å². The van der Waals surface area contributed by atoms with Gasteiger partial charge in [-0.2, -0.15) is 0 Å². The third-order valence-electron chi connectivity index (χ3n) is 4.52. The summed E-state index contributed by atoms with van der Waals surface area (Å²) >= 11 is 1.17. The Morgan fingerprint density at radius 2 is 2.08 bits per heavy atom. The van der Waals surface area contributed by atoms with Crippen LogP contribution in [0.15, 0.2) is 4.79 Å². The molecule has 0 spiro atoms. The van der Waals surface area contributed by atoms with E-state index in [1.807, 2.05) is 18.7 Å². The molecule has 0 aromatic carbocycles. The molecule has 134 valence electrons. The molecule has 2 amide bonds. The molecule has 1 aliphatic rings. The molecule has 0 saturated carbocycles. The van der Waals surface area contributed by atoms with Gasteiger partial charge in [-0.25, -0.2) is 0 Å². The van der Waals surface area contributed by atoms with Crippen LogP contribution in [-0.4, -0.2) is 47.0 Å². The number of nitrogens with zero attached hydrogens (tertiary/aromatic N) is 2. The SMILES string of the molecule is Cc1sc(=O)n(CC(=O)N2CCCCC2CNC(=O)CCN)c1C. The van der Waals surface area contributed by atoms with Crippen LogP contribution in [0.5, 0.6) is 0 Å². The predicted molar refractivity (Wildman–Crippen MR) is 94.1 cm³/mol. The average Bonchev–Trinajstić information content (AvgIpc) is 2.79. The summed E-state index contributed by atoms with van der Waals surface area (Å²) in [6, 6.07) is -0.0104. The molecule has 2 heterocycles. The van der Waals surface area contributed by atoms with Gasteiger partial charge in [0, 0.05) is 42.7 Å². The molecule has 1 aromatic rings. The molecule has 1 fully saturated rings. The highest BCUT2D eigenvalue weighted by molar-refractivity contribution is 7.09. The van der Waals surface area contributed by atoms with Gasteiger partial charge in [0.2, 0.25) is 11.8 Å². The third kappa shape index (κ3) is 4.45. The third-order valence-corrected chi connectivity index (χ3v) is 5.52. The molecule has 0 bridgehead atoms. The summed E-state index contributed by atoms with van der Waals surface area (Å²) in [6.07, 6.45) is 3.15. The van der Waals surface area contributed by atoms with Crippen LogP contribution < -0.4 is 15.9 Å². The van der Waals surface area contributed by atoms with Crippen molar-refractivity contribution in [1.82, 2.24) is 14.8 Å². The maximum absolute atomic E-state index is 12.7. The van der Waals surface area contributed by atoms with Crippen molar-refractivity contribution >= 4 is 23.2 Å². The molecule has 0 aliphatic carbocycles. The van der Waals surface area contributed by atoms with Crippen molar-refractivity contribution in [1.29, 1.82) is 0 Å². The van der Waals surface area contributed by atoms with Crippen LogP contribution in [0.1, 0.15) is 36.3 Å². The highest BCUT2D eigenvalue weighted by atomic mass is 32.1. The first-order valence-corrected chi connectivity index (χ1v) is 9.18. The lowest BCUT2D eigenvalue weighted by atomic mass is 10.0. The van der Waals surface area contributed by atoms with Crippen LogP contribution in [0.3, 0.4) is 0 Å². The van der Waals surface area contributed by atoms with Crippen LogP contribution in [0, 0.1) is 13.8 Å². The Morgan fingerprint density at radius 1 is 1.33 bits per heavy atom. The molecule has 1 aromatic heterocycles. The quantitative estimate of drug-likeness (QED) is 0.771. The summed E-state index contributed by atoms with van der Waals surface area (Å²) in [5.41, 5.74) is 6.22. The van der Waals surface area contributed by atoms with Gasteiger partial charge < -0.3 is 16.0 Å². The van der Waals surface area contributed by atoms with Gasteiger partial charge in [-0.1, -0.05) is 11.3 Å². The summed E-state index contributed by atoms with van der Waals surface area (Å²) < 4.78 is 1.54. The van der Waals surface area contributed by atoms with E-state index in [1.54, 1.807) is 4.57 Å². The van der Waals surface area contributed by atoms with Crippen molar-refractivity contribution in [2.24, 2.45) is 5.73 Å². The van der Waals surface area contributed by atoms with E-state index >= 15 is 0 Å². The number of thiazole rings is 1. The number of carbonyl (C=O) groups is 2. The molecular weight excluding hydrogens is 328 g/mol. The molecule has 24 heavy (non-hydrogen) atoms. The molecular formula is C16H26N4O3S. The first kappa shape index (κ1) is 18.7. The van der Waals surface area contributed by atoms with E-state index in [9.17, 15) is 14.4 Å². The maximum Gasteiger partial charge on any atom is 0.308 e. The van der Waals surface area contributed by atoms with Gasteiger partial charge in [-0.05, 0) is 33.1 Å². The lowest BCUT2D eigenvalue weighted by Gasteiger charge is -2.36. The molecule has 2 rings (SSSR count). The minimum atomic E-state index is -0.0943. The molecule has 1 aliphatic heterocycles. The number of rotatable bonds is 6. The normalized spacial score (nSPS) is 17.8. The zero-order valence-corrected chi connectivity index (χ0v) is 15.2. The van der Waals surface area contributed by atoms with Crippen molar-refractivity contribution in [2.75, 3.05) is 19.6 Å². The second-order valence-electron chi connectivity index (χ2n) is 6.18. The molecule has 1 atom stereocenters. The zero-order chi connectivity index (χ0) is 17.7. The number of nitrogens with one attached hydrogen (secondary N) is 1. The number of carbonyl (C=O) groups excluding carboxylic acids is 2. The molecule has 7 nitrogen and oxygen atoms in total. The number of hydrogen-bond acceptors (Lipinski definition) is 5. The zero-order valence-electron chi connectivity index (χ0n) is 14.3. The van der Waals surface area contributed by atoms with Gasteiger partial charge in [-0.3, -0.25) is 19.0 Å². The van der Waals surface area contributed by atoms with E-state index in [2.05, 4.69) is 5.32 Å². The number of nitrogens with two attached hydrogens (primary N) is 1. The fourth-order valence-electron chi connectivity index (χ4n) is 2.99. The molecule has 1 saturated heterocycles. The monoisotopic (exact) mass is 354 g/mol. The van der Waals surface area contributed by atoms with E-state index < -0.39 is 0 Å². The first-order valence-electron chi connectivity index (χ1n) is 8.37. The van der Waals surface area contributed by atoms with Crippen LogP contribution in [0.4, 0.5) is 0 Å². The van der Waals surface area contributed by atoms with E-state index in [4.69, 9.17) is 5.73 Å². The molecule has 0 radical (unpaired) electrons. The summed E-state index contributed by atoms with van der Waals surface area (Å²) in [5.74, 6) is -0.147. The standard InChI is InChI=1S/C16H26N4O3S/c1-11-12(2)24-16(23)20(11)10-15(22)19-8-4-3-5-13(19)9-18-14(21)6-7-17/h13H,3-10,17H2,1-2H3,(H,18,21). The largest absolute Gasteiger partial charge is 0.354 e. The summed E-state index contributed by atoms with van der Waals surface area (Å²) in [6.45, 7) is 5.26. The summed E-state index contributed by atoms with van der Waals surface area (Å²) in [5, 5.41) is 2.85. The second kappa shape index (κ2) is 8.43. The van der Waals surface area contributed by atoms with Gasteiger partial charge in [0.1, 0.15) is 6.54 Å². The Bertz CT molecular complexity index is 652. The molecule has 1 unspecified atom stereocenters. The van der Waals surface area contributed by atoms with Crippen LogP contribution in [0.2, 0.25) is 0 Å². The van der Waals surface area contributed by atoms with Crippen molar-refractivity contribution < 1.29 is 9.59 Å². The van der Waals surface area contributed by atoms with Crippen molar-refractivity contribution in [3.8, 4) is 0 Å². The number of likely N-dealkylation sites (tertiary alicyclic amines) is 1. The van der Waals surface area contributed by atoms with Gasteiger partial charge in [0.25, 0.3) is 0 Å². The van der Waals surface area contributed by atoms with Crippen molar-refractivity contribution in [3.05, 3.63) is 20.2 Å². The number of hydrogen-bond donors (Lipinski definition) is 2. The Balaban J connectivity index is 2.02. The Hall–Kier alpha value is -1.67. The summed E-state index contributed by atoms with van der Waals surface area (Å²) in [7, 11) is 0. The Morgan fingerprint density at radius 3 is 2.71 bits per heavy atom. The fraction of sp³-hybridized carbons (Fsp3) is 0.688. The first-order chi connectivity index (χ1) is 11.4. The summed E-state index contributed by atoms with van der Waals surface area (Å²) in [4.78, 5) is 39.0. The minimum absolute atomic E-state index is 0.0104. The Labute approximate surface area is 145 Å². The second-order valence-corrected chi connectivity index (χ2v) is 7.34. The Kier molecular flexibility index (Phi) is 6.56. The van der Waals surface area contributed by atoms with Gasteiger partial charge in [0.15, 0.2) is 0 Å². The highest BCUT2D eigenvalue weighted by Gasteiger charge is 2.27. The number of piperidine rings is 1. The van der Waals surface area contributed by atoms with Gasteiger partial charge in [0.05, 0.1) is 0 Å². The number of amides is 2.